The van der Waals surface area contributed by atoms with Crippen molar-refractivity contribution in [2.75, 3.05) is 5.75 Å². The summed E-state index contributed by atoms with van der Waals surface area (Å²) in [5.41, 5.74) is 0. The van der Waals surface area contributed by atoms with E-state index in [9.17, 15) is 8.42 Å². The first kappa shape index (κ1) is 7.45. The molecule has 48 valence electrons. The Labute approximate surface area is 47.2 Å². The van der Waals surface area contributed by atoms with Gasteiger partial charge >= 0.3 is 0 Å². The second kappa shape index (κ2) is 2.68. The van der Waals surface area contributed by atoms with Crippen LogP contribution in [0.3, 0.4) is 0 Å². The van der Waals surface area contributed by atoms with Crippen molar-refractivity contribution in [3.8, 4) is 0 Å². The van der Waals surface area contributed by atoms with Gasteiger partial charge in [-0.25, -0.2) is 0 Å². The number of rotatable bonds is 2. The zero-order valence-corrected chi connectivity index (χ0v) is 4.80. The number of aliphatic hydroxyl groups excluding tert-OH is 1. The fraction of sp³-hybridized carbons (Fsp3) is 0.333. The summed E-state index contributed by atoms with van der Waals surface area (Å²) in [6, 6.07) is 0. The van der Waals surface area contributed by atoms with E-state index in [0.717, 1.165) is 6.08 Å². The monoisotopic (exact) mass is 138 g/mol. The highest BCUT2D eigenvalue weighted by atomic mass is 32.2. The van der Waals surface area contributed by atoms with Crippen LogP contribution >= 0.6 is 0 Å². The summed E-state index contributed by atoms with van der Waals surface area (Å²) in [5.74, 6) is -0.538. The smallest absolute Gasteiger partial charge is 0.268 e. The molecule has 0 amide bonds. The maximum absolute atomic E-state index is 9.78. The van der Waals surface area contributed by atoms with E-state index in [1.165, 1.54) is 0 Å². The Morgan fingerprint density at radius 1 is 1.50 bits per heavy atom. The van der Waals surface area contributed by atoms with Crippen LogP contribution in [0.5, 0.6) is 0 Å². The van der Waals surface area contributed by atoms with E-state index in [2.05, 4.69) is 0 Å². The van der Waals surface area contributed by atoms with Gasteiger partial charge in [0, 0.05) is 0 Å². The molecular formula is C3H6O4S. The van der Waals surface area contributed by atoms with Gasteiger partial charge in [-0.2, -0.15) is 8.42 Å². The molecule has 0 saturated heterocycles. The molecule has 0 atom stereocenters. The minimum absolute atomic E-state index is 0.538. The van der Waals surface area contributed by atoms with Crippen LogP contribution in [0.2, 0.25) is 0 Å². The van der Waals surface area contributed by atoms with Crippen LogP contribution in [0.1, 0.15) is 0 Å². The second-order valence-corrected chi connectivity index (χ2v) is 2.63. The molecule has 0 fully saturated rings. The molecule has 4 nitrogen and oxygen atoms in total. The lowest BCUT2D eigenvalue weighted by Crippen LogP contribution is -1.99. The van der Waals surface area contributed by atoms with Crippen molar-refractivity contribution < 1.29 is 18.1 Å². The summed E-state index contributed by atoms with van der Waals surface area (Å²) in [4.78, 5) is 0. The molecule has 0 rings (SSSR count). The van der Waals surface area contributed by atoms with Crippen LogP contribution in [0, 0.1) is 0 Å². The largest absolute Gasteiger partial charge is 0.516 e. The fourth-order valence-corrected chi connectivity index (χ4v) is 0.494. The zero-order chi connectivity index (χ0) is 6.62. The molecule has 0 aromatic carbocycles. The molecule has 0 radical (unpaired) electrons. The third kappa shape index (κ3) is 5.45. The Morgan fingerprint density at radius 2 is 2.00 bits per heavy atom. The summed E-state index contributed by atoms with van der Waals surface area (Å²) in [7, 11) is -3.93. The maximum atomic E-state index is 9.78. The van der Waals surface area contributed by atoms with Gasteiger partial charge in [0.25, 0.3) is 10.1 Å². The van der Waals surface area contributed by atoms with Crippen LogP contribution < -0.4 is 0 Å². The Kier molecular flexibility index (Phi) is 2.50. The van der Waals surface area contributed by atoms with Gasteiger partial charge in [0.1, 0.15) is 0 Å². The van der Waals surface area contributed by atoms with E-state index in [1.807, 2.05) is 0 Å². The van der Waals surface area contributed by atoms with Crippen molar-refractivity contribution in [2.24, 2.45) is 0 Å². The number of hydrogen-bond acceptors (Lipinski definition) is 3. The second-order valence-electron chi connectivity index (χ2n) is 1.13. The van der Waals surface area contributed by atoms with E-state index >= 15 is 0 Å². The lowest BCUT2D eigenvalue weighted by molar-refractivity contribution is 0.468. The van der Waals surface area contributed by atoms with Crippen molar-refractivity contribution in [3.05, 3.63) is 12.3 Å². The molecule has 0 aromatic heterocycles. The van der Waals surface area contributed by atoms with Crippen LogP contribution in [-0.4, -0.2) is 23.8 Å². The molecule has 0 bridgehead atoms. The lowest BCUT2D eigenvalue weighted by Gasteiger charge is -1.83. The normalized spacial score (nSPS) is 12.6. The average molecular weight is 138 g/mol. The van der Waals surface area contributed by atoms with Gasteiger partial charge in [-0.3, -0.25) is 4.55 Å². The molecule has 8 heavy (non-hydrogen) atoms. The molecule has 0 heterocycles. The van der Waals surface area contributed by atoms with Crippen molar-refractivity contribution in [3.63, 3.8) is 0 Å². The van der Waals surface area contributed by atoms with E-state index in [1.54, 1.807) is 0 Å². The predicted molar refractivity (Wildman–Crippen MR) is 28.2 cm³/mol. The minimum atomic E-state index is -3.93. The van der Waals surface area contributed by atoms with Gasteiger partial charge in [0.15, 0.2) is 0 Å². The van der Waals surface area contributed by atoms with Crippen molar-refractivity contribution in [1.82, 2.24) is 0 Å². The van der Waals surface area contributed by atoms with E-state index in [4.69, 9.17) is 9.66 Å². The highest BCUT2D eigenvalue weighted by molar-refractivity contribution is 7.85. The summed E-state index contributed by atoms with van der Waals surface area (Å²) >= 11 is 0. The van der Waals surface area contributed by atoms with Crippen LogP contribution in [0.4, 0.5) is 0 Å². The molecule has 2 N–H and O–H groups in total. The molecule has 0 aromatic rings. The minimum Gasteiger partial charge on any atom is -0.516 e. The topological polar surface area (TPSA) is 74.6 Å². The highest BCUT2D eigenvalue weighted by Gasteiger charge is 1.97. The quantitative estimate of drug-likeness (QED) is 0.414. The van der Waals surface area contributed by atoms with E-state index < -0.39 is 15.9 Å². The third-order valence-corrected chi connectivity index (χ3v) is 1.03. The summed E-state index contributed by atoms with van der Waals surface area (Å²) in [6.07, 6.45) is 1.49. The molecule has 0 aliphatic carbocycles. The third-order valence-electron chi connectivity index (χ3n) is 0.412. The number of aliphatic hydroxyl groups is 1. The maximum Gasteiger partial charge on any atom is 0.268 e. The molecule has 0 aliphatic heterocycles. The number of hydrogen-bond donors (Lipinski definition) is 2. The lowest BCUT2D eigenvalue weighted by atomic mass is 10.7. The van der Waals surface area contributed by atoms with Gasteiger partial charge in [-0.15, -0.1) is 0 Å². The van der Waals surface area contributed by atoms with Crippen LogP contribution in [0.25, 0.3) is 0 Å². The molecular weight excluding hydrogens is 132 g/mol. The van der Waals surface area contributed by atoms with E-state index in [0.29, 0.717) is 6.26 Å². The van der Waals surface area contributed by atoms with Crippen molar-refractivity contribution in [1.29, 1.82) is 0 Å². The van der Waals surface area contributed by atoms with Gasteiger partial charge in [0.05, 0.1) is 12.0 Å². The van der Waals surface area contributed by atoms with Gasteiger partial charge in [-0.1, -0.05) is 0 Å². The SMILES string of the molecule is O=S(=O)(O)C/C=C/O. The van der Waals surface area contributed by atoms with Crippen LogP contribution in [-0.2, 0) is 10.1 Å². The van der Waals surface area contributed by atoms with E-state index in [-0.39, 0.29) is 0 Å². The Morgan fingerprint density at radius 3 is 2.12 bits per heavy atom. The Hall–Kier alpha value is -0.550. The van der Waals surface area contributed by atoms with Gasteiger partial charge in [-0.05, 0) is 6.08 Å². The highest BCUT2D eigenvalue weighted by Crippen LogP contribution is 1.80. The van der Waals surface area contributed by atoms with Gasteiger partial charge < -0.3 is 5.11 Å². The molecule has 5 heteroatoms. The molecule has 0 spiro atoms. The van der Waals surface area contributed by atoms with Crippen molar-refractivity contribution >= 4 is 10.1 Å². The van der Waals surface area contributed by atoms with Crippen LogP contribution in [0.15, 0.2) is 12.3 Å². The Balaban J connectivity index is 3.76. The zero-order valence-electron chi connectivity index (χ0n) is 3.98. The first-order chi connectivity index (χ1) is 3.56. The first-order valence-electron chi connectivity index (χ1n) is 1.80. The summed E-state index contributed by atoms with van der Waals surface area (Å²) < 4.78 is 27.5. The fourth-order valence-electron chi connectivity index (χ4n) is 0.165. The summed E-state index contributed by atoms with van der Waals surface area (Å²) in [5, 5.41) is 7.87. The first-order valence-corrected chi connectivity index (χ1v) is 3.41. The standard InChI is InChI=1S/C3H6O4S/c4-2-1-3-8(5,6)7/h1-2,4H,3H2,(H,5,6,7)/b2-1+. The van der Waals surface area contributed by atoms with Crippen molar-refractivity contribution in [2.45, 2.75) is 0 Å². The molecule has 0 saturated carbocycles. The predicted octanol–water partition coefficient (Wildman–Crippen LogP) is -0.0541. The average Bonchev–Trinajstić information content (AvgIpc) is 1.59. The van der Waals surface area contributed by atoms with Gasteiger partial charge in [0.2, 0.25) is 0 Å². The summed E-state index contributed by atoms with van der Waals surface area (Å²) in [6.45, 7) is 0. The Bertz CT molecular complexity index is 166. The molecule has 0 unspecified atom stereocenters. The molecule has 0 aliphatic rings.